The zero-order valence-corrected chi connectivity index (χ0v) is 15.2. The molecular weight excluding hydrogens is 349 g/mol. The van der Waals surface area contributed by atoms with Gasteiger partial charge in [-0.1, -0.05) is 24.3 Å². The summed E-state index contributed by atoms with van der Waals surface area (Å²) in [6.07, 6.45) is 2.55. The number of amides is 1. The number of carbonyl (C=O) groups is 1. The van der Waals surface area contributed by atoms with Gasteiger partial charge >= 0.3 is 0 Å². The van der Waals surface area contributed by atoms with Gasteiger partial charge in [-0.05, 0) is 35.7 Å². The Morgan fingerprint density at radius 1 is 1.19 bits per heavy atom. The molecule has 0 radical (unpaired) electrons. The third-order valence-corrected chi connectivity index (χ3v) is 4.88. The number of carbonyl (C=O) groups excluding carboxylic acids is 1. The maximum atomic E-state index is 13.8. The van der Waals surface area contributed by atoms with E-state index in [0.29, 0.717) is 43.0 Å². The van der Waals surface area contributed by atoms with Gasteiger partial charge in [-0.15, -0.1) is 17.9 Å². The van der Waals surface area contributed by atoms with Gasteiger partial charge in [-0.25, -0.2) is 4.39 Å². The Kier molecular flexibility index (Phi) is 6.02. The molecule has 0 spiro atoms. The molecule has 2 aromatic heterocycles. The maximum absolute atomic E-state index is 13.8. The fourth-order valence-electron chi connectivity index (χ4n) is 2.71. The molecule has 134 valence electrons. The SMILES string of the molecule is C=CCN(Cc1cccs1)C(=O)CCc1ccc(-c2ccccc2F)o1. The first-order valence-electron chi connectivity index (χ1n) is 8.42. The third kappa shape index (κ3) is 4.49. The molecule has 0 unspecified atom stereocenters. The second-order valence-electron chi connectivity index (χ2n) is 5.89. The van der Waals surface area contributed by atoms with E-state index in [2.05, 4.69) is 6.58 Å². The quantitative estimate of drug-likeness (QED) is 0.505. The van der Waals surface area contributed by atoms with Gasteiger partial charge in [0.1, 0.15) is 17.3 Å². The van der Waals surface area contributed by atoms with Crippen LogP contribution in [0.3, 0.4) is 0 Å². The van der Waals surface area contributed by atoms with Crippen LogP contribution in [0.2, 0.25) is 0 Å². The number of hydrogen-bond donors (Lipinski definition) is 0. The largest absolute Gasteiger partial charge is 0.461 e. The molecule has 1 amide bonds. The van der Waals surface area contributed by atoms with Crippen LogP contribution in [0.15, 0.2) is 71.0 Å². The first kappa shape index (κ1) is 18.1. The summed E-state index contributed by atoms with van der Waals surface area (Å²) in [5.41, 5.74) is 0.427. The van der Waals surface area contributed by atoms with Gasteiger partial charge in [0.15, 0.2) is 0 Å². The number of nitrogens with zero attached hydrogens (tertiary/aromatic N) is 1. The fraction of sp³-hybridized carbons (Fsp3) is 0.190. The smallest absolute Gasteiger partial charge is 0.223 e. The molecule has 0 aliphatic heterocycles. The van der Waals surface area contributed by atoms with E-state index in [4.69, 9.17) is 4.42 Å². The summed E-state index contributed by atoms with van der Waals surface area (Å²) >= 11 is 1.63. The lowest BCUT2D eigenvalue weighted by Gasteiger charge is -2.20. The Labute approximate surface area is 156 Å². The molecule has 26 heavy (non-hydrogen) atoms. The van der Waals surface area contributed by atoms with Crippen molar-refractivity contribution < 1.29 is 13.6 Å². The normalized spacial score (nSPS) is 10.7. The molecule has 0 atom stereocenters. The molecule has 3 nitrogen and oxygen atoms in total. The van der Waals surface area contributed by atoms with E-state index in [1.165, 1.54) is 6.07 Å². The van der Waals surface area contributed by atoms with Crippen LogP contribution >= 0.6 is 11.3 Å². The number of halogens is 1. The molecule has 0 saturated carbocycles. The van der Waals surface area contributed by atoms with Crippen molar-refractivity contribution >= 4 is 17.2 Å². The molecule has 3 aromatic rings. The highest BCUT2D eigenvalue weighted by atomic mass is 32.1. The minimum absolute atomic E-state index is 0.0436. The van der Waals surface area contributed by atoms with E-state index in [0.717, 1.165) is 4.88 Å². The third-order valence-electron chi connectivity index (χ3n) is 4.02. The van der Waals surface area contributed by atoms with E-state index in [9.17, 15) is 9.18 Å². The summed E-state index contributed by atoms with van der Waals surface area (Å²) in [5.74, 6) is 0.873. The number of rotatable bonds is 8. The molecule has 2 heterocycles. The molecular formula is C21H20FNO2S. The second-order valence-corrected chi connectivity index (χ2v) is 6.92. The predicted molar refractivity (Wildman–Crippen MR) is 102 cm³/mol. The summed E-state index contributed by atoms with van der Waals surface area (Å²) in [5, 5.41) is 2.00. The number of benzene rings is 1. The Hall–Kier alpha value is -2.66. The van der Waals surface area contributed by atoms with Gasteiger partial charge in [0.2, 0.25) is 5.91 Å². The average Bonchev–Trinajstić information content (AvgIpc) is 3.31. The fourth-order valence-corrected chi connectivity index (χ4v) is 3.43. The molecule has 0 bridgehead atoms. The van der Waals surface area contributed by atoms with E-state index in [1.807, 2.05) is 17.5 Å². The zero-order valence-electron chi connectivity index (χ0n) is 14.4. The van der Waals surface area contributed by atoms with Crippen molar-refractivity contribution in [1.82, 2.24) is 4.90 Å². The molecule has 0 aliphatic rings. The number of aryl methyl sites for hydroxylation is 1. The maximum Gasteiger partial charge on any atom is 0.223 e. The van der Waals surface area contributed by atoms with Crippen LogP contribution in [0.1, 0.15) is 17.1 Å². The van der Waals surface area contributed by atoms with Crippen LogP contribution in [-0.2, 0) is 17.8 Å². The van der Waals surface area contributed by atoms with Crippen molar-refractivity contribution in [2.75, 3.05) is 6.54 Å². The number of thiophene rings is 1. The summed E-state index contributed by atoms with van der Waals surface area (Å²) in [4.78, 5) is 15.5. The summed E-state index contributed by atoms with van der Waals surface area (Å²) in [6.45, 7) is 4.82. The Balaban J connectivity index is 1.61. The first-order valence-corrected chi connectivity index (χ1v) is 9.30. The van der Waals surface area contributed by atoms with Gasteiger partial charge in [-0.2, -0.15) is 0 Å². The van der Waals surface area contributed by atoms with Crippen molar-refractivity contribution in [2.45, 2.75) is 19.4 Å². The van der Waals surface area contributed by atoms with E-state index in [1.54, 1.807) is 52.6 Å². The second kappa shape index (κ2) is 8.63. The van der Waals surface area contributed by atoms with E-state index >= 15 is 0 Å². The van der Waals surface area contributed by atoms with Gasteiger partial charge in [0, 0.05) is 24.3 Å². The van der Waals surface area contributed by atoms with Crippen LogP contribution in [0.5, 0.6) is 0 Å². The van der Waals surface area contributed by atoms with Gasteiger partial charge in [-0.3, -0.25) is 4.79 Å². The molecule has 0 N–H and O–H groups in total. The Morgan fingerprint density at radius 3 is 2.77 bits per heavy atom. The molecule has 0 saturated heterocycles. The van der Waals surface area contributed by atoms with Gasteiger partial charge < -0.3 is 9.32 Å². The summed E-state index contributed by atoms with van der Waals surface area (Å²) in [6, 6.07) is 14.0. The molecule has 5 heteroatoms. The van der Waals surface area contributed by atoms with Crippen molar-refractivity contribution in [3.8, 4) is 11.3 Å². The summed E-state index contributed by atoms with van der Waals surface area (Å²) < 4.78 is 19.6. The van der Waals surface area contributed by atoms with Gasteiger partial charge in [0.25, 0.3) is 0 Å². The monoisotopic (exact) mass is 369 g/mol. The van der Waals surface area contributed by atoms with Crippen LogP contribution in [-0.4, -0.2) is 17.4 Å². The highest BCUT2D eigenvalue weighted by Gasteiger charge is 2.15. The summed E-state index contributed by atoms with van der Waals surface area (Å²) in [7, 11) is 0. The molecule has 1 aromatic carbocycles. The Morgan fingerprint density at radius 2 is 2.04 bits per heavy atom. The van der Waals surface area contributed by atoms with Crippen molar-refractivity contribution in [1.29, 1.82) is 0 Å². The first-order chi connectivity index (χ1) is 12.7. The highest BCUT2D eigenvalue weighted by Crippen LogP contribution is 2.25. The zero-order chi connectivity index (χ0) is 18.4. The lowest BCUT2D eigenvalue weighted by Crippen LogP contribution is -2.30. The van der Waals surface area contributed by atoms with E-state index < -0.39 is 0 Å². The number of hydrogen-bond acceptors (Lipinski definition) is 3. The predicted octanol–water partition coefficient (Wildman–Crippen LogP) is 5.29. The topological polar surface area (TPSA) is 33.5 Å². The minimum atomic E-state index is -0.322. The standard InChI is InChI=1S/C21H20FNO2S/c1-2-13-23(15-17-6-5-14-26-17)21(24)12-10-16-9-11-20(25-16)18-7-3-4-8-19(18)22/h2-9,11,14H,1,10,12-13,15H2. The van der Waals surface area contributed by atoms with Crippen LogP contribution in [0.25, 0.3) is 11.3 Å². The Bertz CT molecular complexity index is 870. The minimum Gasteiger partial charge on any atom is -0.461 e. The van der Waals surface area contributed by atoms with Crippen LogP contribution < -0.4 is 0 Å². The lowest BCUT2D eigenvalue weighted by atomic mass is 10.1. The molecule has 3 rings (SSSR count). The van der Waals surface area contributed by atoms with Crippen LogP contribution in [0.4, 0.5) is 4.39 Å². The van der Waals surface area contributed by atoms with Crippen molar-refractivity contribution in [2.24, 2.45) is 0 Å². The van der Waals surface area contributed by atoms with E-state index in [-0.39, 0.29) is 11.7 Å². The molecule has 0 aliphatic carbocycles. The van der Waals surface area contributed by atoms with Crippen LogP contribution in [0, 0.1) is 5.82 Å². The lowest BCUT2D eigenvalue weighted by molar-refractivity contribution is -0.131. The number of furan rings is 1. The molecule has 0 fully saturated rings. The highest BCUT2D eigenvalue weighted by molar-refractivity contribution is 7.09. The van der Waals surface area contributed by atoms with Crippen molar-refractivity contribution in [3.63, 3.8) is 0 Å². The van der Waals surface area contributed by atoms with Gasteiger partial charge in [0.05, 0.1) is 12.1 Å². The van der Waals surface area contributed by atoms with Crippen molar-refractivity contribution in [3.05, 3.63) is 83.0 Å². The average molecular weight is 369 g/mol.